The van der Waals surface area contributed by atoms with Crippen molar-refractivity contribution in [1.29, 1.82) is 0 Å². The second-order valence-electron chi connectivity index (χ2n) is 7.25. The van der Waals surface area contributed by atoms with Crippen molar-refractivity contribution in [3.05, 3.63) is 69.5 Å². The van der Waals surface area contributed by atoms with Gasteiger partial charge in [0.05, 0.1) is 16.6 Å². The molecule has 3 aromatic rings. The minimum absolute atomic E-state index is 0.0148. The predicted octanol–water partition coefficient (Wildman–Crippen LogP) is 2.81. The normalized spacial score (nSPS) is 16.6. The van der Waals surface area contributed by atoms with E-state index < -0.39 is 28.6 Å². The van der Waals surface area contributed by atoms with Gasteiger partial charge in [0.25, 0.3) is 0 Å². The first-order valence-electron chi connectivity index (χ1n) is 9.16. The molecule has 0 bridgehead atoms. The summed E-state index contributed by atoms with van der Waals surface area (Å²) in [5.74, 6) is -2.44. The van der Waals surface area contributed by atoms with Crippen molar-refractivity contribution in [1.82, 2.24) is 4.57 Å². The van der Waals surface area contributed by atoms with Crippen LogP contribution in [0.1, 0.15) is 22.3 Å². The molecule has 1 saturated heterocycles. The second kappa shape index (κ2) is 6.97. The lowest BCUT2D eigenvalue weighted by Gasteiger charge is -2.22. The van der Waals surface area contributed by atoms with Crippen molar-refractivity contribution in [2.24, 2.45) is 5.73 Å². The minimum Gasteiger partial charge on any atom is -0.477 e. The summed E-state index contributed by atoms with van der Waals surface area (Å²) >= 11 is 0. The summed E-state index contributed by atoms with van der Waals surface area (Å²) in [5.41, 5.74) is 5.89. The van der Waals surface area contributed by atoms with Crippen LogP contribution in [0.3, 0.4) is 0 Å². The van der Waals surface area contributed by atoms with Gasteiger partial charge in [-0.3, -0.25) is 4.79 Å². The molecule has 2 heterocycles. The summed E-state index contributed by atoms with van der Waals surface area (Å²) in [4.78, 5) is 26.2. The molecule has 1 aliphatic rings. The lowest BCUT2D eigenvalue weighted by molar-refractivity contribution is 0.0695. The number of aryl methyl sites for hydroxylation is 1. The highest BCUT2D eigenvalue weighted by molar-refractivity contribution is 5.95. The van der Waals surface area contributed by atoms with Crippen LogP contribution in [0.4, 0.5) is 14.5 Å². The number of rotatable bonds is 3. The van der Waals surface area contributed by atoms with Crippen molar-refractivity contribution in [3.63, 3.8) is 0 Å². The number of pyridine rings is 1. The Morgan fingerprint density at radius 3 is 2.52 bits per heavy atom. The van der Waals surface area contributed by atoms with E-state index in [1.54, 1.807) is 0 Å². The fourth-order valence-corrected chi connectivity index (χ4v) is 3.83. The quantitative estimate of drug-likeness (QED) is 0.707. The number of anilines is 1. The SMILES string of the molecule is Cc1c(F)c(N2CCC(N)C2)cc2c1c(=O)c(C(=O)O)cn2-c1ccc(F)cc1. The van der Waals surface area contributed by atoms with E-state index in [1.807, 2.05) is 4.90 Å². The number of fused-ring (bicyclic) bond motifs is 1. The maximum Gasteiger partial charge on any atom is 0.341 e. The molecule has 29 heavy (non-hydrogen) atoms. The van der Waals surface area contributed by atoms with Crippen LogP contribution in [0.25, 0.3) is 16.6 Å². The third-order valence-corrected chi connectivity index (χ3v) is 5.35. The number of nitrogens with two attached hydrogens (primary N) is 1. The van der Waals surface area contributed by atoms with Gasteiger partial charge in [-0.15, -0.1) is 0 Å². The van der Waals surface area contributed by atoms with Crippen LogP contribution in [0.15, 0.2) is 41.3 Å². The van der Waals surface area contributed by atoms with E-state index in [0.29, 0.717) is 30.0 Å². The fraction of sp³-hybridized carbons (Fsp3) is 0.238. The number of hydrogen-bond acceptors (Lipinski definition) is 4. The van der Waals surface area contributed by atoms with Gasteiger partial charge in [-0.1, -0.05) is 0 Å². The topological polar surface area (TPSA) is 88.6 Å². The first kappa shape index (κ1) is 19.1. The number of halogens is 2. The molecule has 0 spiro atoms. The van der Waals surface area contributed by atoms with E-state index in [-0.39, 0.29) is 17.0 Å². The second-order valence-corrected chi connectivity index (χ2v) is 7.25. The average molecular weight is 399 g/mol. The molecule has 6 nitrogen and oxygen atoms in total. The van der Waals surface area contributed by atoms with E-state index in [9.17, 15) is 19.1 Å². The van der Waals surface area contributed by atoms with Gasteiger partial charge in [0.15, 0.2) is 0 Å². The van der Waals surface area contributed by atoms with Gasteiger partial charge in [-0.2, -0.15) is 0 Å². The summed E-state index contributed by atoms with van der Waals surface area (Å²) < 4.78 is 30.0. The van der Waals surface area contributed by atoms with Crippen LogP contribution in [0, 0.1) is 18.6 Å². The average Bonchev–Trinajstić information content (AvgIpc) is 3.11. The monoisotopic (exact) mass is 399 g/mol. The molecule has 1 atom stereocenters. The third-order valence-electron chi connectivity index (χ3n) is 5.35. The molecule has 0 amide bonds. The number of aromatic carboxylic acids is 1. The van der Waals surface area contributed by atoms with Crippen LogP contribution in [-0.2, 0) is 0 Å². The predicted molar refractivity (Wildman–Crippen MR) is 106 cm³/mol. The van der Waals surface area contributed by atoms with Gasteiger partial charge < -0.3 is 20.3 Å². The molecule has 0 aliphatic carbocycles. The van der Waals surface area contributed by atoms with Gasteiger partial charge in [0, 0.05) is 36.6 Å². The van der Waals surface area contributed by atoms with Gasteiger partial charge in [-0.25, -0.2) is 13.6 Å². The molecule has 2 aromatic carbocycles. The van der Waals surface area contributed by atoms with Gasteiger partial charge in [0.1, 0.15) is 17.2 Å². The summed E-state index contributed by atoms with van der Waals surface area (Å²) in [6.07, 6.45) is 1.91. The molecule has 1 unspecified atom stereocenters. The lowest BCUT2D eigenvalue weighted by Crippen LogP contribution is -2.27. The Labute approximate surface area is 164 Å². The Balaban J connectivity index is 2.08. The molecule has 0 saturated carbocycles. The first-order chi connectivity index (χ1) is 13.8. The maximum atomic E-state index is 15.2. The molecular weight excluding hydrogens is 380 g/mol. The van der Waals surface area contributed by atoms with E-state index in [2.05, 4.69) is 0 Å². The van der Waals surface area contributed by atoms with Crippen LogP contribution >= 0.6 is 0 Å². The van der Waals surface area contributed by atoms with Gasteiger partial charge in [-0.05, 0) is 43.7 Å². The van der Waals surface area contributed by atoms with Gasteiger partial charge in [0.2, 0.25) is 5.43 Å². The Morgan fingerprint density at radius 2 is 1.93 bits per heavy atom. The molecule has 1 fully saturated rings. The number of nitrogens with zero attached hydrogens (tertiary/aromatic N) is 2. The smallest absolute Gasteiger partial charge is 0.341 e. The summed E-state index contributed by atoms with van der Waals surface area (Å²) in [7, 11) is 0. The molecule has 3 N–H and O–H groups in total. The molecule has 150 valence electrons. The summed E-state index contributed by atoms with van der Waals surface area (Å²) in [6.45, 7) is 2.52. The van der Waals surface area contributed by atoms with Crippen LogP contribution in [0.2, 0.25) is 0 Å². The highest BCUT2D eigenvalue weighted by Crippen LogP contribution is 2.32. The van der Waals surface area contributed by atoms with Crippen molar-refractivity contribution < 1.29 is 18.7 Å². The zero-order valence-corrected chi connectivity index (χ0v) is 15.7. The van der Waals surface area contributed by atoms with Crippen LogP contribution < -0.4 is 16.1 Å². The van der Waals surface area contributed by atoms with Crippen molar-refractivity contribution in [3.8, 4) is 5.69 Å². The van der Waals surface area contributed by atoms with E-state index in [0.717, 1.165) is 6.42 Å². The highest BCUT2D eigenvalue weighted by Gasteiger charge is 2.26. The Morgan fingerprint density at radius 1 is 1.24 bits per heavy atom. The maximum absolute atomic E-state index is 15.2. The largest absolute Gasteiger partial charge is 0.477 e. The molecule has 1 aromatic heterocycles. The standard InChI is InChI=1S/C21H19F2N3O3/c1-11-18-16(8-17(19(11)23)25-7-6-13(24)9-25)26(10-15(20(18)27)21(28)29)14-4-2-12(22)3-5-14/h2-5,8,10,13H,6-7,9,24H2,1H3,(H,28,29). The molecule has 1 aliphatic heterocycles. The van der Waals surface area contributed by atoms with Crippen LogP contribution in [0.5, 0.6) is 0 Å². The van der Waals surface area contributed by atoms with E-state index >= 15 is 4.39 Å². The van der Waals surface area contributed by atoms with Crippen molar-refractivity contribution in [2.75, 3.05) is 18.0 Å². The molecule has 8 heteroatoms. The molecular formula is C21H19F2N3O3. The lowest BCUT2D eigenvalue weighted by atomic mass is 10.0. The Hall–Kier alpha value is -3.26. The number of hydrogen-bond donors (Lipinski definition) is 2. The number of aromatic nitrogens is 1. The van der Waals surface area contributed by atoms with Crippen LogP contribution in [-0.4, -0.2) is 34.8 Å². The Kier molecular flexibility index (Phi) is 4.58. The van der Waals surface area contributed by atoms with E-state index in [1.165, 1.54) is 48.0 Å². The number of carboxylic acids is 1. The number of benzene rings is 2. The number of carboxylic acid groups (broad SMARTS) is 1. The van der Waals surface area contributed by atoms with E-state index in [4.69, 9.17) is 5.73 Å². The summed E-state index contributed by atoms with van der Waals surface area (Å²) in [5, 5.41) is 9.45. The minimum atomic E-state index is -1.41. The Bertz CT molecular complexity index is 1190. The zero-order chi connectivity index (χ0) is 20.9. The molecule has 0 radical (unpaired) electrons. The third kappa shape index (κ3) is 3.15. The van der Waals surface area contributed by atoms with Crippen molar-refractivity contribution in [2.45, 2.75) is 19.4 Å². The first-order valence-corrected chi connectivity index (χ1v) is 9.16. The highest BCUT2D eigenvalue weighted by atomic mass is 19.1. The van der Waals surface area contributed by atoms with Crippen molar-refractivity contribution >= 4 is 22.6 Å². The number of carbonyl (C=O) groups is 1. The van der Waals surface area contributed by atoms with Gasteiger partial charge >= 0.3 is 5.97 Å². The fourth-order valence-electron chi connectivity index (χ4n) is 3.83. The molecule has 4 rings (SSSR count). The zero-order valence-electron chi connectivity index (χ0n) is 15.7. The summed E-state index contributed by atoms with van der Waals surface area (Å²) in [6, 6.07) is 6.86.